The van der Waals surface area contributed by atoms with Gasteiger partial charge in [-0.05, 0) is 86.8 Å². The number of fused-ring (bicyclic) bond motifs is 1. The molecule has 0 aliphatic carbocycles. The lowest BCUT2D eigenvalue weighted by atomic mass is 9.88. The Morgan fingerprint density at radius 2 is 1.89 bits per heavy atom. The van der Waals surface area contributed by atoms with Gasteiger partial charge in [-0.2, -0.15) is 0 Å². The van der Waals surface area contributed by atoms with Gasteiger partial charge >= 0.3 is 6.03 Å². The number of nitrogens with zero attached hydrogens (tertiary/aromatic N) is 4. The number of rotatable bonds is 6. The summed E-state index contributed by atoms with van der Waals surface area (Å²) in [7, 11) is 1.73. The van der Waals surface area contributed by atoms with E-state index in [1.165, 1.54) is 18.5 Å². The second-order valence-corrected chi connectivity index (χ2v) is 11.0. The summed E-state index contributed by atoms with van der Waals surface area (Å²) in [4.78, 5) is 24.5. The fourth-order valence-corrected chi connectivity index (χ4v) is 6.53. The van der Waals surface area contributed by atoms with Crippen molar-refractivity contribution in [2.75, 3.05) is 63.1 Å². The van der Waals surface area contributed by atoms with Gasteiger partial charge in [-0.15, -0.1) is 0 Å². The van der Waals surface area contributed by atoms with Gasteiger partial charge in [0.25, 0.3) is 0 Å². The lowest BCUT2D eigenvalue weighted by Gasteiger charge is -2.34. The van der Waals surface area contributed by atoms with Crippen LogP contribution in [0.4, 0.5) is 15.6 Å². The summed E-state index contributed by atoms with van der Waals surface area (Å²) in [5.41, 5.74) is 3.00. The zero-order valence-corrected chi connectivity index (χ0v) is 22.6. The van der Waals surface area contributed by atoms with Crippen molar-refractivity contribution in [1.82, 2.24) is 14.8 Å². The maximum absolute atomic E-state index is 13.1. The maximum atomic E-state index is 13.1. The van der Waals surface area contributed by atoms with Gasteiger partial charge in [-0.1, -0.05) is 29.9 Å². The third kappa shape index (κ3) is 5.56. The Balaban J connectivity index is 1.19. The topological polar surface area (TPSA) is 60.9 Å². The molecule has 2 aliphatic heterocycles. The highest BCUT2D eigenvalue weighted by Gasteiger charge is 2.25. The van der Waals surface area contributed by atoms with E-state index in [0.717, 1.165) is 70.8 Å². The van der Waals surface area contributed by atoms with Crippen molar-refractivity contribution in [1.29, 1.82) is 0 Å². The molecule has 36 heavy (non-hydrogen) atoms. The van der Waals surface area contributed by atoms with E-state index in [2.05, 4.69) is 28.1 Å². The summed E-state index contributed by atoms with van der Waals surface area (Å²) < 4.78 is 6.76. The van der Waals surface area contributed by atoms with Gasteiger partial charge in [0.15, 0.2) is 5.13 Å². The first kappa shape index (κ1) is 25.1. The summed E-state index contributed by atoms with van der Waals surface area (Å²) in [6, 6.07) is 11.8. The summed E-state index contributed by atoms with van der Waals surface area (Å²) in [5.74, 6) is 1.37. The number of nitrogens with one attached hydrogen (secondary N) is 1. The van der Waals surface area contributed by atoms with Crippen LogP contribution in [0, 0.1) is 0 Å². The molecule has 2 amide bonds. The zero-order valence-electron chi connectivity index (χ0n) is 21.0. The number of carbonyl (C=O) groups excluding carboxylic acids is 1. The van der Waals surface area contributed by atoms with E-state index in [1.807, 2.05) is 35.2 Å². The summed E-state index contributed by atoms with van der Waals surface area (Å²) in [6.07, 6.45) is 3.43. The first-order valence-corrected chi connectivity index (χ1v) is 14.0. The third-order valence-electron chi connectivity index (χ3n) is 7.22. The number of anilines is 2. The highest BCUT2D eigenvalue weighted by atomic mass is 35.5. The van der Waals surface area contributed by atoms with Crippen molar-refractivity contribution >= 4 is 50.0 Å². The lowest BCUT2D eigenvalue weighted by Crippen LogP contribution is -2.50. The van der Waals surface area contributed by atoms with E-state index in [9.17, 15) is 4.79 Å². The molecular weight excluding hydrogens is 494 g/mol. The Labute approximate surface area is 222 Å². The van der Waals surface area contributed by atoms with Crippen LogP contribution in [0.3, 0.4) is 0 Å². The van der Waals surface area contributed by atoms with E-state index < -0.39 is 0 Å². The summed E-state index contributed by atoms with van der Waals surface area (Å²) in [6.45, 7) is 8.45. The number of halogens is 1. The number of hydrogen-bond acceptors (Lipinski definition) is 6. The van der Waals surface area contributed by atoms with Crippen molar-refractivity contribution in [3.63, 3.8) is 0 Å². The third-order valence-corrected chi connectivity index (χ3v) is 8.54. The number of aromatic nitrogens is 1. The number of likely N-dealkylation sites (tertiary alicyclic amines) is 1. The predicted molar refractivity (Wildman–Crippen MR) is 149 cm³/mol. The van der Waals surface area contributed by atoms with Crippen LogP contribution in [0.15, 0.2) is 36.4 Å². The summed E-state index contributed by atoms with van der Waals surface area (Å²) >= 11 is 7.78. The Hall–Kier alpha value is -2.55. The molecule has 7 nitrogen and oxygen atoms in total. The molecule has 0 atom stereocenters. The molecule has 3 heterocycles. The molecule has 3 aromatic rings. The van der Waals surface area contributed by atoms with Crippen molar-refractivity contribution in [3.8, 4) is 5.75 Å². The Morgan fingerprint density at radius 3 is 2.61 bits per heavy atom. The lowest BCUT2D eigenvalue weighted by molar-refractivity contribution is 0.208. The van der Waals surface area contributed by atoms with Gasteiger partial charge in [-0.25, -0.2) is 9.78 Å². The Bertz CT molecular complexity index is 1200. The van der Waals surface area contributed by atoms with Crippen molar-refractivity contribution in [2.45, 2.75) is 32.1 Å². The Morgan fingerprint density at radius 1 is 1.11 bits per heavy atom. The standard InChI is InChI=1S/C27H34ClN5O2S/c1-3-10-31-11-8-19(9-12-31)22-18-21(5-7-24(22)35-2)29-26(34)32-13-15-33(16-14-32)27-30-23-6-4-20(28)17-25(23)36-27/h4-7,17-19H,3,8-16H2,1-2H3,(H,29,34). The van der Waals surface area contributed by atoms with Crippen LogP contribution in [0.2, 0.25) is 5.02 Å². The van der Waals surface area contributed by atoms with E-state index >= 15 is 0 Å². The first-order valence-electron chi connectivity index (χ1n) is 12.8. The van der Waals surface area contributed by atoms with Crippen molar-refractivity contribution in [2.24, 2.45) is 0 Å². The quantitative estimate of drug-likeness (QED) is 0.432. The molecule has 9 heteroatoms. The minimum absolute atomic E-state index is 0.0559. The molecule has 2 aromatic carbocycles. The van der Waals surface area contributed by atoms with E-state index in [-0.39, 0.29) is 6.03 Å². The molecule has 2 fully saturated rings. The normalized spacial score (nSPS) is 17.5. The highest BCUT2D eigenvalue weighted by molar-refractivity contribution is 7.22. The fraction of sp³-hybridized carbons (Fsp3) is 0.481. The van der Waals surface area contributed by atoms with Crippen LogP contribution in [0.5, 0.6) is 5.75 Å². The van der Waals surface area contributed by atoms with Crippen LogP contribution < -0.4 is 15.0 Å². The second-order valence-electron chi connectivity index (χ2n) is 9.59. The van der Waals surface area contributed by atoms with Gasteiger partial charge in [0.2, 0.25) is 0 Å². The maximum Gasteiger partial charge on any atom is 0.321 e. The average molecular weight is 528 g/mol. The van der Waals surface area contributed by atoms with Gasteiger partial charge < -0.3 is 24.8 Å². The van der Waals surface area contributed by atoms with Crippen molar-refractivity contribution < 1.29 is 9.53 Å². The zero-order chi connectivity index (χ0) is 25.1. The number of carbonyl (C=O) groups is 1. The first-order chi connectivity index (χ1) is 17.5. The molecule has 0 radical (unpaired) electrons. The largest absolute Gasteiger partial charge is 0.496 e. The number of urea groups is 1. The minimum Gasteiger partial charge on any atom is -0.496 e. The van der Waals surface area contributed by atoms with Gasteiger partial charge in [-0.3, -0.25) is 0 Å². The number of methoxy groups -OCH3 is 1. The van der Waals surface area contributed by atoms with Gasteiger partial charge in [0, 0.05) is 36.9 Å². The molecule has 0 unspecified atom stereocenters. The van der Waals surface area contributed by atoms with Gasteiger partial charge in [0.1, 0.15) is 5.75 Å². The molecule has 2 aliphatic rings. The number of hydrogen-bond donors (Lipinski definition) is 1. The Kier molecular flexibility index (Phi) is 7.84. The molecule has 5 rings (SSSR count). The van der Waals surface area contributed by atoms with E-state index in [0.29, 0.717) is 19.0 Å². The van der Waals surface area contributed by atoms with E-state index in [4.69, 9.17) is 21.3 Å². The molecule has 1 aromatic heterocycles. The molecule has 2 saturated heterocycles. The number of benzene rings is 2. The molecule has 1 N–H and O–H groups in total. The SMILES string of the molecule is CCCN1CCC(c2cc(NC(=O)N3CCN(c4nc5ccc(Cl)cc5s4)CC3)ccc2OC)CC1. The van der Waals surface area contributed by atoms with Crippen LogP contribution in [-0.4, -0.2) is 73.7 Å². The predicted octanol–water partition coefficient (Wildman–Crippen LogP) is 5.90. The number of thiazole rings is 1. The average Bonchev–Trinajstić information content (AvgIpc) is 3.32. The van der Waals surface area contributed by atoms with Crippen LogP contribution in [-0.2, 0) is 0 Å². The highest BCUT2D eigenvalue weighted by Crippen LogP contribution is 2.36. The fourth-order valence-electron chi connectivity index (χ4n) is 5.24. The number of piperidine rings is 1. The smallest absolute Gasteiger partial charge is 0.321 e. The molecule has 192 valence electrons. The van der Waals surface area contributed by atoms with Crippen molar-refractivity contribution in [3.05, 3.63) is 47.0 Å². The van der Waals surface area contributed by atoms with Crippen LogP contribution >= 0.6 is 22.9 Å². The summed E-state index contributed by atoms with van der Waals surface area (Å²) in [5, 5.41) is 4.84. The number of ether oxygens (including phenoxy) is 1. The monoisotopic (exact) mass is 527 g/mol. The van der Waals surface area contributed by atoms with Gasteiger partial charge in [0.05, 0.1) is 17.3 Å². The molecule has 0 spiro atoms. The number of piperazine rings is 1. The van der Waals surface area contributed by atoms with E-state index in [1.54, 1.807) is 18.4 Å². The minimum atomic E-state index is -0.0559. The molecular formula is C27H34ClN5O2S. The van der Waals surface area contributed by atoms with Crippen LogP contribution in [0.25, 0.3) is 10.2 Å². The molecule has 0 bridgehead atoms. The number of amides is 2. The molecule has 0 saturated carbocycles. The van der Waals surface area contributed by atoms with Crippen LogP contribution in [0.1, 0.15) is 37.7 Å². The second kappa shape index (κ2) is 11.2.